The number of halogens is 1. The van der Waals surface area contributed by atoms with E-state index in [1.807, 2.05) is 0 Å². The van der Waals surface area contributed by atoms with E-state index in [0.717, 1.165) is 25.9 Å². The van der Waals surface area contributed by atoms with Crippen molar-refractivity contribution in [3.8, 4) is 0 Å². The Morgan fingerprint density at radius 2 is 2.00 bits per heavy atom. The van der Waals surface area contributed by atoms with Crippen molar-refractivity contribution in [3.63, 3.8) is 0 Å². The minimum atomic E-state index is -0.291. The van der Waals surface area contributed by atoms with Gasteiger partial charge >= 0.3 is 5.97 Å². The highest BCUT2D eigenvalue weighted by Crippen LogP contribution is 2.00. The Hall–Kier alpha value is -1.10. The van der Waals surface area contributed by atoms with Gasteiger partial charge < -0.3 is 21.7 Å². The molecule has 0 bridgehead atoms. The van der Waals surface area contributed by atoms with Crippen LogP contribution in [0.3, 0.4) is 0 Å². The van der Waals surface area contributed by atoms with Crippen molar-refractivity contribution < 1.29 is 31.1 Å². The van der Waals surface area contributed by atoms with E-state index >= 15 is 0 Å². The van der Waals surface area contributed by atoms with E-state index in [2.05, 4.69) is 41.4 Å². The molecule has 1 aromatic rings. The molecule has 0 spiro atoms. The van der Waals surface area contributed by atoms with Crippen LogP contribution in [0.1, 0.15) is 52.4 Å². The molecule has 0 aliphatic heterocycles. The number of hydrogen-bond acceptors (Lipinski definition) is 2. The van der Waals surface area contributed by atoms with Gasteiger partial charge in [0, 0.05) is 5.57 Å². The maximum absolute atomic E-state index is 11.2. The highest BCUT2D eigenvalue weighted by atomic mass is 79.9. The van der Waals surface area contributed by atoms with E-state index in [4.69, 9.17) is 4.74 Å². The number of unbranched alkanes of at least 4 members (excludes halogenated alkanes) is 4. The SMILES string of the molecule is C=C(C)C(=O)OCCCCn1cc[n+](CCCCCC)c1.[Br-]. The predicted octanol–water partition coefficient (Wildman–Crippen LogP) is 0.259. The molecule has 4 nitrogen and oxygen atoms in total. The summed E-state index contributed by atoms with van der Waals surface area (Å²) in [5, 5.41) is 0. The number of esters is 1. The molecule has 0 saturated carbocycles. The number of aryl methyl sites for hydroxylation is 2. The zero-order valence-corrected chi connectivity index (χ0v) is 15.5. The van der Waals surface area contributed by atoms with Gasteiger partial charge in [0.25, 0.3) is 0 Å². The van der Waals surface area contributed by atoms with Crippen molar-refractivity contribution in [3.05, 3.63) is 30.9 Å². The maximum Gasteiger partial charge on any atom is 0.333 e. The molecule has 0 aromatic carbocycles. The van der Waals surface area contributed by atoms with Gasteiger partial charge in [0.15, 0.2) is 0 Å². The van der Waals surface area contributed by atoms with Gasteiger partial charge in [-0.1, -0.05) is 26.3 Å². The van der Waals surface area contributed by atoms with Crippen LogP contribution in [0.15, 0.2) is 30.9 Å². The molecule has 22 heavy (non-hydrogen) atoms. The summed E-state index contributed by atoms with van der Waals surface area (Å²) in [7, 11) is 0. The Balaban J connectivity index is 0.00000441. The highest BCUT2D eigenvalue weighted by Gasteiger charge is 2.05. The third-order valence-electron chi connectivity index (χ3n) is 3.41. The molecule has 0 atom stereocenters. The number of aromatic nitrogens is 2. The van der Waals surface area contributed by atoms with Crippen molar-refractivity contribution >= 4 is 5.97 Å². The molecule has 0 unspecified atom stereocenters. The van der Waals surface area contributed by atoms with Crippen molar-refractivity contribution in [1.82, 2.24) is 4.57 Å². The van der Waals surface area contributed by atoms with E-state index in [1.165, 1.54) is 25.7 Å². The van der Waals surface area contributed by atoms with Crippen LogP contribution >= 0.6 is 0 Å². The minimum Gasteiger partial charge on any atom is -1.00 e. The molecule has 0 aliphatic carbocycles. The largest absolute Gasteiger partial charge is 1.00 e. The normalized spacial score (nSPS) is 10.1. The Bertz CT molecular complexity index is 444. The number of nitrogens with zero attached hydrogens (tertiary/aromatic N) is 2. The van der Waals surface area contributed by atoms with Crippen LogP contribution in [0.2, 0.25) is 0 Å². The van der Waals surface area contributed by atoms with Crippen LogP contribution < -0.4 is 21.5 Å². The third-order valence-corrected chi connectivity index (χ3v) is 3.41. The number of carbonyl (C=O) groups is 1. The third kappa shape index (κ3) is 9.03. The lowest BCUT2D eigenvalue weighted by molar-refractivity contribution is -0.696. The summed E-state index contributed by atoms with van der Waals surface area (Å²) in [5.74, 6) is -0.291. The Morgan fingerprint density at radius 3 is 2.68 bits per heavy atom. The van der Waals surface area contributed by atoms with E-state index < -0.39 is 0 Å². The molecule has 0 N–H and O–H groups in total. The average Bonchev–Trinajstić information content (AvgIpc) is 2.91. The molecule has 0 amide bonds. The summed E-state index contributed by atoms with van der Waals surface area (Å²) in [4.78, 5) is 11.2. The zero-order valence-electron chi connectivity index (χ0n) is 13.9. The predicted molar refractivity (Wildman–Crippen MR) is 83.8 cm³/mol. The number of imidazole rings is 1. The monoisotopic (exact) mass is 372 g/mol. The van der Waals surface area contributed by atoms with Crippen LogP contribution in [0.25, 0.3) is 0 Å². The van der Waals surface area contributed by atoms with Crippen LogP contribution in [-0.4, -0.2) is 17.1 Å². The lowest BCUT2D eigenvalue weighted by Crippen LogP contribution is -3.00. The smallest absolute Gasteiger partial charge is 0.333 e. The fraction of sp³-hybridized carbons (Fsp3) is 0.647. The van der Waals surface area contributed by atoms with E-state index in [9.17, 15) is 4.79 Å². The lowest BCUT2D eigenvalue weighted by Gasteiger charge is -2.03. The van der Waals surface area contributed by atoms with Crippen molar-refractivity contribution in [2.24, 2.45) is 0 Å². The van der Waals surface area contributed by atoms with Crippen molar-refractivity contribution in [1.29, 1.82) is 0 Å². The summed E-state index contributed by atoms with van der Waals surface area (Å²) in [6.45, 7) is 10.0. The van der Waals surface area contributed by atoms with Gasteiger partial charge in [-0.2, -0.15) is 0 Å². The summed E-state index contributed by atoms with van der Waals surface area (Å²) in [6.07, 6.45) is 13.5. The van der Waals surface area contributed by atoms with E-state index in [0.29, 0.717) is 12.2 Å². The second-order valence-electron chi connectivity index (χ2n) is 5.57. The fourth-order valence-electron chi connectivity index (χ4n) is 2.11. The second kappa shape index (κ2) is 12.4. The molecule has 5 heteroatoms. The van der Waals surface area contributed by atoms with E-state index in [1.54, 1.807) is 6.92 Å². The Labute approximate surface area is 144 Å². The summed E-state index contributed by atoms with van der Waals surface area (Å²) in [5.41, 5.74) is 0.463. The number of ether oxygens (including phenoxy) is 1. The molecule has 1 aromatic heterocycles. The number of hydrogen-bond donors (Lipinski definition) is 0. The summed E-state index contributed by atoms with van der Waals surface area (Å²) < 4.78 is 9.51. The quantitative estimate of drug-likeness (QED) is 0.241. The Morgan fingerprint density at radius 1 is 1.23 bits per heavy atom. The first kappa shape index (κ1) is 20.9. The van der Waals surface area contributed by atoms with Gasteiger partial charge in [0.05, 0.1) is 19.7 Å². The van der Waals surface area contributed by atoms with Crippen molar-refractivity contribution in [2.75, 3.05) is 6.61 Å². The van der Waals surface area contributed by atoms with Crippen LogP contribution in [0.4, 0.5) is 0 Å². The highest BCUT2D eigenvalue weighted by molar-refractivity contribution is 5.86. The number of rotatable bonds is 11. The van der Waals surface area contributed by atoms with Gasteiger partial charge in [0.2, 0.25) is 6.33 Å². The van der Waals surface area contributed by atoms with Crippen LogP contribution in [0, 0.1) is 0 Å². The standard InChI is InChI=1S/C17H29N2O2.BrH/c1-4-5-6-7-10-18-12-13-19(15-18)11-8-9-14-21-17(20)16(2)3;/h12-13,15H,2,4-11,14H2,1,3H3;1H/q+1;/p-1. The van der Waals surface area contributed by atoms with Crippen LogP contribution in [-0.2, 0) is 22.6 Å². The average molecular weight is 373 g/mol. The van der Waals surface area contributed by atoms with Gasteiger partial charge in [0.1, 0.15) is 12.4 Å². The van der Waals surface area contributed by atoms with Gasteiger partial charge in [-0.3, -0.25) is 0 Å². The molecular weight excluding hydrogens is 344 g/mol. The van der Waals surface area contributed by atoms with E-state index in [-0.39, 0.29) is 23.0 Å². The Kier molecular flexibility index (Phi) is 11.8. The molecule has 0 fully saturated rings. The maximum atomic E-state index is 11.2. The van der Waals surface area contributed by atoms with Gasteiger partial charge in [-0.05, 0) is 32.6 Å². The van der Waals surface area contributed by atoms with Crippen molar-refractivity contribution in [2.45, 2.75) is 65.5 Å². The summed E-state index contributed by atoms with van der Waals surface area (Å²) >= 11 is 0. The topological polar surface area (TPSA) is 35.1 Å². The minimum absolute atomic E-state index is 0. The number of carbonyl (C=O) groups excluding carboxylic acids is 1. The fourth-order valence-corrected chi connectivity index (χ4v) is 2.11. The van der Waals surface area contributed by atoms with Crippen LogP contribution in [0.5, 0.6) is 0 Å². The molecule has 1 rings (SSSR count). The molecule has 126 valence electrons. The second-order valence-corrected chi connectivity index (χ2v) is 5.57. The summed E-state index contributed by atoms with van der Waals surface area (Å²) in [6, 6.07) is 0. The van der Waals surface area contributed by atoms with Gasteiger partial charge in [-0.25, -0.2) is 13.9 Å². The molecule has 0 saturated heterocycles. The molecule has 0 aliphatic rings. The van der Waals surface area contributed by atoms with Gasteiger partial charge in [-0.15, -0.1) is 0 Å². The molecule has 1 heterocycles. The first-order valence-electron chi connectivity index (χ1n) is 8.01. The molecular formula is C17H29BrN2O2. The zero-order chi connectivity index (χ0) is 15.5. The first-order valence-corrected chi connectivity index (χ1v) is 8.01. The lowest BCUT2D eigenvalue weighted by atomic mass is 10.2. The first-order chi connectivity index (χ1) is 10.1. The molecule has 0 radical (unpaired) electrons.